The van der Waals surface area contributed by atoms with Crippen molar-refractivity contribution in [2.75, 3.05) is 12.4 Å². The lowest BCUT2D eigenvalue weighted by molar-refractivity contribution is 1.27. The Hall–Kier alpha value is -2.61. The molecule has 1 aromatic heterocycles. The van der Waals surface area contributed by atoms with Gasteiger partial charge in [-0.3, -0.25) is 4.98 Å². The monoisotopic (exact) mass is 262 g/mol. The zero-order valence-electron chi connectivity index (χ0n) is 11.6. The van der Waals surface area contributed by atoms with Gasteiger partial charge in [-0.05, 0) is 34.9 Å². The SMILES string of the molecule is C=CC(=C)c1ccc(/C=C\c2ccc(NC)cc2)cn1. The molecule has 0 unspecified atom stereocenters. The summed E-state index contributed by atoms with van der Waals surface area (Å²) in [5.41, 5.74) is 5.02. The Kier molecular flexibility index (Phi) is 4.51. The standard InChI is InChI=1S/C18H18N2/c1-4-14(2)18-12-9-16(13-20-18)6-5-15-7-10-17(19-3)11-8-15/h4-13,19H,1-2H2,3H3/b6-5-. The van der Waals surface area contributed by atoms with Crippen LogP contribution in [0.4, 0.5) is 5.69 Å². The molecule has 2 aromatic rings. The van der Waals surface area contributed by atoms with Gasteiger partial charge in [0.05, 0.1) is 5.69 Å². The molecular formula is C18H18N2. The van der Waals surface area contributed by atoms with Crippen molar-refractivity contribution in [3.8, 4) is 0 Å². The van der Waals surface area contributed by atoms with Crippen molar-refractivity contribution in [3.05, 3.63) is 78.6 Å². The molecule has 20 heavy (non-hydrogen) atoms. The van der Waals surface area contributed by atoms with Crippen LogP contribution in [0.2, 0.25) is 0 Å². The average molecular weight is 262 g/mol. The topological polar surface area (TPSA) is 24.9 Å². The van der Waals surface area contributed by atoms with E-state index in [4.69, 9.17) is 0 Å². The Bertz CT molecular complexity index is 619. The van der Waals surface area contributed by atoms with Gasteiger partial charge in [-0.1, -0.05) is 49.6 Å². The van der Waals surface area contributed by atoms with Crippen molar-refractivity contribution in [3.63, 3.8) is 0 Å². The van der Waals surface area contributed by atoms with Crippen molar-refractivity contribution < 1.29 is 0 Å². The van der Waals surface area contributed by atoms with E-state index < -0.39 is 0 Å². The van der Waals surface area contributed by atoms with Crippen molar-refractivity contribution in [2.45, 2.75) is 0 Å². The number of pyridine rings is 1. The molecule has 0 aliphatic rings. The van der Waals surface area contributed by atoms with Crippen LogP contribution in [0.5, 0.6) is 0 Å². The summed E-state index contributed by atoms with van der Waals surface area (Å²) in [5, 5.41) is 3.10. The van der Waals surface area contributed by atoms with Gasteiger partial charge in [-0.25, -0.2) is 0 Å². The Labute approximate surface area is 120 Å². The van der Waals surface area contributed by atoms with Crippen LogP contribution in [0.3, 0.4) is 0 Å². The minimum absolute atomic E-state index is 0.836. The quantitative estimate of drug-likeness (QED) is 0.803. The molecule has 0 saturated heterocycles. The van der Waals surface area contributed by atoms with Gasteiger partial charge in [-0.15, -0.1) is 0 Å². The minimum Gasteiger partial charge on any atom is -0.388 e. The predicted octanol–water partition coefficient (Wildman–Crippen LogP) is 4.49. The Morgan fingerprint density at radius 3 is 2.25 bits per heavy atom. The van der Waals surface area contributed by atoms with Gasteiger partial charge in [0.15, 0.2) is 0 Å². The Morgan fingerprint density at radius 2 is 1.70 bits per heavy atom. The summed E-state index contributed by atoms with van der Waals surface area (Å²) in [7, 11) is 1.91. The first-order chi connectivity index (χ1) is 9.72. The van der Waals surface area contributed by atoms with E-state index in [0.717, 1.165) is 28.1 Å². The highest BCUT2D eigenvalue weighted by molar-refractivity contribution is 5.72. The molecule has 0 radical (unpaired) electrons. The normalized spacial score (nSPS) is 10.4. The fourth-order valence-corrected chi connectivity index (χ4v) is 1.75. The van der Waals surface area contributed by atoms with E-state index in [1.807, 2.05) is 31.5 Å². The number of hydrogen-bond donors (Lipinski definition) is 1. The van der Waals surface area contributed by atoms with E-state index in [-0.39, 0.29) is 0 Å². The van der Waals surface area contributed by atoms with Crippen LogP contribution in [0.25, 0.3) is 17.7 Å². The maximum atomic E-state index is 4.36. The smallest absolute Gasteiger partial charge is 0.0696 e. The molecule has 0 spiro atoms. The van der Waals surface area contributed by atoms with Gasteiger partial charge in [0.1, 0.15) is 0 Å². The zero-order valence-corrected chi connectivity index (χ0v) is 11.6. The first-order valence-electron chi connectivity index (χ1n) is 6.46. The Morgan fingerprint density at radius 1 is 1.05 bits per heavy atom. The summed E-state index contributed by atoms with van der Waals surface area (Å²) < 4.78 is 0. The van der Waals surface area contributed by atoms with Gasteiger partial charge in [-0.2, -0.15) is 0 Å². The van der Waals surface area contributed by atoms with Crippen LogP contribution >= 0.6 is 0 Å². The minimum atomic E-state index is 0.836. The van der Waals surface area contributed by atoms with Gasteiger partial charge in [0.25, 0.3) is 0 Å². The molecule has 0 aliphatic carbocycles. The number of benzene rings is 1. The number of allylic oxidation sites excluding steroid dienone is 2. The maximum absolute atomic E-state index is 4.36. The number of nitrogens with zero attached hydrogens (tertiary/aromatic N) is 1. The average Bonchev–Trinajstić information content (AvgIpc) is 2.53. The molecule has 2 nitrogen and oxygen atoms in total. The summed E-state index contributed by atoms with van der Waals surface area (Å²) in [6.45, 7) is 7.57. The number of hydrogen-bond acceptors (Lipinski definition) is 2. The van der Waals surface area contributed by atoms with Crippen LogP contribution < -0.4 is 5.32 Å². The summed E-state index contributed by atoms with van der Waals surface area (Å²) >= 11 is 0. The van der Waals surface area contributed by atoms with E-state index in [1.54, 1.807) is 6.08 Å². The van der Waals surface area contributed by atoms with Crippen molar-refractivity contribution in [1.29, 1.82) is 0 Å². The number of rotatable bonds is 5. The second-order valence-corrected chi connectivity index (χ2v) is 4.41. The van der Waals surface area contributed by atoms with Gasteiger partial charge < -0.3 is 5.32 Å². The number of anilines is 1. The van der Waals surface area contributed by atoms with E-state index >= 15 is 0 Å². The molecule has 0 aliphatic heterocycles. The predicted molar refractivity (Wildman–Crippen MR) is 88.4 cm³/mol. The second-order valence-electron chi connectivity index (χ2n) is 4.41. The highest BCUT2D eigenvalue weighted by Gasteiger charge is 1.95. The second kappa shape index (κ2) is 6.53. The molecule has 0 amide bonds. The van der Waals surface area contributed by atoms with Crippen LogP contribution in [0.1, 0.15) is 16.8 Å². The molecule has 1 N–H and O–H groups in total. The van der Waals surface area contributed by atoms with E-state index in [1.165, 1.54) is 0 Å². The maximum Gasteiger partial charge on any atom is 0.0696 e. The fourth-order valence-electron chi connectivity index (χ4n) is 1.75. The molecule has 0 atom stereocenters. The lowest BCUT2D eigenvalue weighted by atomic mass is 10.1. The fraction of sp³-hybridized carbons (Fsp3) is 0.0556. The van der Waals surface area contributed by atoms with E-state index in [9.17, 15) is 0 Å². The van der Waals surface area contributed by atoms with Crippen LogP contribution in [0, 0.1) is 0 Å². The summed E-state index contributed by atoms with van der Waals surface area (Å²) in [4.78, 5) is 4.36. The van der Waals surface area contributed by atoms with E-state index in [0.29, 0.717) is 0 Å². The van der Waals surface area contributed by atoms with Crippen molar-refractivity contribution in [1.82, 2.24) is 4.98 Å². The van der Waals surface area contributed by atoms with Crippen LogP contribution in [-0.2, 0) is 0 Å². The lowest BCUT2D eigenvalue weighted by Gasteiger charge is -2.01. The molecule has 100 valence electrons. The number of nitrogens with one attached hydrogen (secondary N) is 1. The molecule has 2 heteroatoms. The Balaban J connectivity index is 2.10. The highest BCUT2D eigenvalue weighted by atomic mass is 14.8. The summed E-state index contributed by atoms with van der Waals surface area (Å²) in [5.74, 6) is 0. The highest BCUT2D eigenvalue weighted by Crippen LogP contribution is 2.14. The lowest BCUT2D eigenvalue weighted by Crippen LogP contribution is -1.86. The van der Waals surface area contributed by atoms with Crippen molar-refractivity contribution in [2.24, 2.45) is 0 Å². The van der Waals surface area contributed by atoms with Crippen LogP contribution in [-0.4, -0.2) is 12.0 Å². The molecule has 0 fully saturated rings. The first kappa shape index (κ1) is 13.8. The van der Waals surface area contributed by atoms with Gasteiger partial charge in [0.2, 0.25) is 0 Å². The number of aromatic nitrogens is 1. The van der Waals surface area contributed by atoms with Gasteiger partial charge >= 0.3 is 0 Å². The largest absolute Gasteiger partial charge is 0.388 e. The molecule has 0 saturated carbocycles. The summed E-state index contributed by atoms with van der Waals surface area (Å²) in [6.07, 6.45) is 7.66. The zero-order chi connectivity index (χ0) is 14.4. The molecule has 0 bridgehead atoms. The third-order valence-corrected chi connectivity index (χ3v) is 3.03. The third-order valence-electron chi connectivity index (χ3n) is 3.03. The van der Waals surface area contributed by atoms with Crippen molar-refractivity contribution >= 4 is 23.4 Å². The van der Waals surface area contributed by atoms with Crippen LogP contribution in [0.15, 0.2) is 61.8 Å². The molecule has 1 heterocycles. The molecular weight excluding hydrogens is 244 g/mol. The molecule has 2 rings (SSSR count). The third kappa shape index (κ3) is 3.45. The molecule has 1 aromatic carbocycles. The first-order valence-corrected chi connectivity index (χ1v) is 6.46. The van der Waals surface area contributed by atoms with Gasteiger partial charge in [0, 0.05) is 18.9 Å². The summed E-state index contributed by atoms with van der Waals surface area (Å²) in [6, 6.07) is 12.2. The van der Waals surface area contributed by atoms with E-state index in [2.05, 4.69) is 53.8 Å².